The Balaban J connectivity index is 1.39. The lowest BCUT2D eigenvalue weighted by Crippen LogP contribution is -2.30. The molecule has 0 aliphatic carbocycles. The number of likely N-dealkylation sites (tertiary alicyclic amines) is 1. The third kappa shape index (κ3) is 4.84. The van der Waals surface area contributed by atoms with Crippen molar-refractivity contribution in [2.45, 2.75) is 30.8 Å². The summed E-state index contributed by atoms with van der Waals surface area (Å²) in [5, 5.41) is 3.91. The molecule has 0 radical (unpaired) electrons. The summed E-state index contributed by atoms with van der Waals surface area (Å²) in [5.41, 5.74) is 1.85. The van der Waals surface area contributed by atoms with Gasteiger partial charge in [-0.1, -0.05) is 30.3 Å². The molecular weight excluding hydrogens is 401 g/mol. The third-order valence-electron chi connectivity index (χ3n) is 5.28. The summed E-state index contributed by atoms with van der Waals surface area (Å²) >= 11 is 1.46. The number of thioether (sulfide) groups is 1. The van der Waals surface area contributed by atoms with Gasteiger partial charge in [-0.15, -0.1) is 11.8 Å². The molecule has 0 atom stereocenters. The molecule has 2 heterocycles. The fourth-order valence-corrected chi connectivity index (χ4v) is 4.59. The Morgan fingerprint density at radius 2 is 1.77 bits per heavy atom. The molecule has 1 aliphatic heterocycles. The van der Waals surface area contributed by atoms with Gasteiger partial charge in [0.25, 0.3) is 0 Å². The number of halogens is 1. The van der Waals surface area contributed by atoms with Gasteiger partial charge in [0, 0.05) is 41.6 Å². The maximum Gasteiger partial charge on any atom is 0.242 e. The Morgan fingerprint density at radius 1 is 1.03 bits per heavy atom. The summed E-state index contributed by atoms with van der Waals surface area (Å²) in [5.74, 6) is 0.0336. The summed E-state index contributed by atoms with van der Waals surface area (Å²) in [7, 11) is 0. The van der Waals surface area contributed by atoms with E-state index < -0.39 is 0 Å². The molecule has 2 aromatic carbocycles. The number of benzene rings is 2. The second kappa shape index (κ2) is 9.34. The van der Waals surface area contributed by atoms with E-state index in [1.165, 1.54) is 23.9 Å². The van der Waals surface area contributed by atoms with Gasteiger partial charge in [-0.25, -0.2) is 4.39 Å². The first-order valence-corrected chi connectivity index (χ1v) is 11.1. The van der Waals surface area contributed by atoms with Crippen LogP contribution in [0.3, 0.4) is 0 Å². The van der Waals surface area contributed by atoms with Crippen molar-refractivity contribution in [2.75, 3.05) is 18.8 Å². The molecule has 3 aromatic rings. The monoisotopic (exact) mass is 425 g/mol. The number of fused-ring (bicyclic) bond motifs is 1. The minimum atomic E-state index is -0.291. The maximum atomic E-state index is 13.0. The van der Waals surface area contributed by atoms with Crippen molar-refractivity contribution in [3.8, 4) is 0 Å². The normalized spacial score (nSPS) is 13.7. The molecule has 1 saturated heterocycles. The van der Waals surface area contributed by atoms with Crippen LogP contribution in [0.25, 0.3) is 10.9 Å². The van der Waals surface area contributed by atoms with E-state index in [-0.39, 0.29) is 23.4 Å². The molecule has 2 amide bonds. The van der Waals surface area contributed by atoms with Crippen LogP contribution in [0.2, 0.25) is 0 Å². The Labute approximate surface area is 179 Å². The van der Waals surface area contributed by atoms with Crippen LogP contribution in [0.1, 0.15) is 18.4 Å². The molecule has 5 nitrogen and oxygen atoms in total. The summed E-state index contributed by atoms with van der Waals surface area (Å²) < 4.78 is 15.0. The van der Waals surface area contributed by atoms with Crippen LogP contribution in [0, 0.1) is 5.82 Å². The number of rotatable bonds is 7. The molecular formula is C23H24FN3O2S. The average molecular weight is 426 g/mol. The Bertz CT molecular complexity index is 1040. The van der Waals surface area contributed by atoms with Crippen molar-refractivity contribution in [3.63, 3.8) is 0 Å². The van der Waals surface area contributed by atoms with Gasteiger partial charge in [-0.2, -0.15) is 0 Å². The number of carbonyl (C=O) groups excluding carboxylic acids is 2. The van der Waals surface area contributed by atoms with Crippen LogP contribution >= 0.6 is 11.8 Å². The highest BCUT2D eigenvalue weighted by Gasteiger charge is 2.19. The molecule has 1 N–H and O–H groups in total. The van der Waals surface area contributed by atoms with Crippen molar-refractivity contribution in [2.24, 2.45) is 0 Å². The second-order valence-corrected chi connectivity index (χ2v) is 8.44. The molecule has 1 aliphatic rings. The first-order valence-electron chi connectivity index (χ1n) is 10.1. The molecule has 7 heteroatoms. The van der Waals surface area contributed by atoms with Gasteiger partial charge >= 0.3 is 0 Å². The SMILES string of the molecule is O=C(CSc1cn(CC(=O)N2CCCC2)c2ccccc12)NCc1ccc(F)cc1. The number of aromatic nitrogens is 1. The molecule has 0 bridgehead atoms. The van der Waals surface area contributed by atoms with E-state index in [2.05, 4.69) is 5.32 Å². The molecule has 30 heavy (non-hydrogen) atoms. The first-order chi connectivity index (χ1) is 14.6. The van der Waals surface area contributed by atoms with Crippen LogP contribution < -0.4 is 5.32 Å². The predicted octanol–water partition coefficient (Wildman–Crippen LogP) is 3.81. The van der Waals surface area contributed by atoms with Crippen molar-refractivity contribution < 1.29 is 14.0 Å². The molecule has 0 unspecified atom stereocenters. The van der Waals surface area contributed by atoms with Gasteiger partial charge in [0.2, 0.25) is 11.8 Å². The summed E-state index contributed by atoms with van der Waals surface area (Å²) in [6.45, 7) is 2.37. The predicted molar refractivity (Wildman–Crippen MR) is 117 cm³/mol. The van der Waals surface area contributed by atoms with E-state index in [1.54, 1.807) is 12.1 Å². The van der Waals surface area contributed by atoms with E-state index in [1.807, 2.05) is 39.9 Å². The van der Waals surface area contributed by atoms with E-state index >= 15 is 0 Å². The van der Waals surface area contributed by atoms with Gasteiger partial charge in [0.15, 0.2) is 0 Å². The highest BCUT2D eigenvalue weighted by molar-refractivity contribution is 8.00. The summed E-state index contributed by atoms with van der Waals surface area (Å²) in [6.07, 6.45) is 4.12. The van der Waals surface area contributed by atoms with Gasteiger partial charge in [-0.3, -0.25) is 9.59 Å². The number of carbonyl (C=O) groups is 2. The highest BCUT2D eigenvalue weighted by atomic mass is 32.2. The lowest BCUT2D eigenvalue weighted by Gasteiger charge is -2.15. The van der Waals surface area contributed by atoms with Crippen LogP contribution in [0.5, 0.6) is 0 Å². The van der Waals surface area contributed by atoms with Crippen LogP contribution in [-0.2, 0) is 22.7 Å². The molecule has 4 rings (SSSR count). The van der Waals surface area contributed by atoms with E-state index in [9.17, 15) is 14.0 Å². The zero-order valence-electron chi connectivity index (χ0n) is 16.6. The largest absolute Gasteiger partial charge is 0.351 e. The Kier molecular flexibility index (Phi) is 6.38. The topological polar surface area (TPSA) is 54.3 Å². The third-order valence-corrected chi connectivity index (χ3v) is 6.32. The summed E-state index contributed by atoms with van der Waals surface area (Å²) in [6, 6.07) is 14.0. The molecule has 1 fully saturated rings. The lowest BCUT2D eigenvalue weighted by molar-refractivity contribution is -0.130. The zero-order chi connectivity index (χ0) is 20.9. The fourth-order valence-electron chi connectivity index (χ4n) is 3.67. The Morgan fingerprint density at radius 3 is 2.53 bits per heavy atom. The molecule has 0 saturated carbocycles. The van der Waals surface area contributed by atoms with Crippen LogP contribution in [0.4, 0.5) is 4.39 Å². The summed E-state index contributed by atoms with van der Waals surface area (Å²) in [4.78, 5) is 27.8. The second-order valence-electron chi connectivity index (χ2n) is 7.42. The van der Waals surface area contributed by atoms with Crippen molar-refractivity contribution in [1.29, 1.82) is 0 Å². The maximum absolute atomic E-state index is 13.0. The number of hydrogen-bond acceptors (Lipinski definition) is 3. The fraction of sp³-hybridized carbons (Fsp3) is 0.304. The first kappa shape index (κ1) is 20.5. The molecule has 1 aromatic heterocycles. The van der Waals surface area contributed by atoms with Gasteiger partial charge in [-0.05, 0) is 36.6 Å². The minimum absolute atomic E-state index is 0.0886. The van der Waals surface area contributed by atoms with Gasteiger partial charge < -0.3 is 14.8 Å². The van der Waals surface area contributed by atoms with E-state index in [4.69, 9.17) is 0 Å². The standard InChI is InChI=1S/C23H24FN3O2S/c24-18-9-7-17(8-10-18)13-25-22(28)16-30-21-14-27(20-6-2-1-5-19(20)21)15-23(29)26-11-3-4-12-26/h1-2,5-10,14H,3-4,11-13,15-16H2,(H,25,28). The van der Waals surface area contributed by atoms with Crippen molar-refractivity contribution in [3.05, 3.63) is 66.1 Å². The van der Waals surface area contributed by atoms with E-state index in [0.717, 1.165) is 47.3 Å². The molecule has 0 spiro atoms. The number of para-hydroxylation sites is 1. The van der Waals surface area contributed by atoms with Gasteiger partial charge in [0.1, 0.15) is 12.4 Å². The Hall–Kier alpha value is -2.80. The van der Waals surface area contributed by atoms with Crippen LogP contribution in [0.15, 0.2) is 59.6 Å². The van der Waals surface area contributed by atoms with E-state index in [0.29, 0.717) is 13.1 Å². The minimum Gasteiger partial charge on any atom is -0.351 e. The zero-order valence-corrected chi connectivity index (χ0v) is 17.5. The number of amides is 2. The number of nitrogens with one attached hydrogen (secondary N) is 1. The van der Waals surface area contributed by atoms with Crippen molar-refractivity contribution in [1.82, 2.24) is 14.8 Å². The smallest absolute Gasteiger partial charge is 0.242 e. The van der Waals surface area contributed by atoms with Crippen LogP contribution in [-0.4, -0.2) is 40.1 Å². The number of hydrogen-bond donors (Lipinski definition) is 1. The average Bonchev–Trinajstić information content (AvgIpc) is 3.41. The van der Waals surface area contributed by atoms with Gasteiger partial charge in [0.05, 0.1) is 5.75 Å². The molecule has 156 valence electrons. The number of nitrogens with zero attached hydrogens (tertiary/aromatic N) is 2. The van der Waals surface area contributed by atoms with Crippen molar-refractivity contribution >= 4 is 34.5 Å². The quantitative estimate of drug-likeness (QED) is 0.586. The highest BCUT2D eigenvalue weighted by Crippen LogP contribution is 2.30. The lowest BCUT2D eigenvalue weighted by atomic mass is 10.2.